The fourth-order valence-electron chi connectivity index (χ4n) is 2.48. The molecule has 2 N–H and O–H groups in total. The van der Waals surface area contributed by atoms with Gasteiger partial charge in [0.15, 0.2) is 0 Å². The van der Waals surface area contributed by atoms with Gasteiger partial charge >= 0.3 is 7.12 Å². The largest absolute Gasteiger partial charge is 0.489 e. The molecule has 0 unspecified atom stereocenters. The maximum Gasteiger partial charge on any atom is 0.489 e. The van der Waals surface area contributed by atoms with Crippen LogP contribution in [0.2, 0.25) is 0 Å². The summed E-state index contributed by atoms with van der Waals surface area (Å²) in [5.41, 5.74) is 4.57. The van der Waals surface area contributed by atoms with Gasteiger partial charge in [0, 0.05) is 0 Å². The minimum atomic E-state index is -1.47. The van der Waals surface area contributed by atoms with Crippen molar-refractivity contribution in [3.05, 3.63) is 78.9 Å². The van der Waals surface area contributed by atoms with Gasteiger partial charge in [-0.3, -0.25) is 0 Å². The van der Waals surface area contributed by atoms with E-state index in [4.69, 9.17) is 0 Å². The van der Waals surface area contributed by atoms with Crippen LogP contribution in [0, 0.1) is 0 Å². The average Bonchev–Trinajstić information content (AvgIpc) is 2.56. The van der Waals surface area contributed by atoms with Crippen LogP contribution in [0.15, 0.2) is 78.9 Å². The van der Waals surface area contributed by atoms with E-state index < -0.39 is 7.12 Å². The molecule has 0 fully saturated rings. The Balaban J connectivity index is 2.09. The third-order valence-corrected chi connectivity index (χ3v) is 3.52. The highest BCUT2D eigenvalue weighted by Gasteiger charge is 2.16. The van der Waals surface area contributed by atoms with Crippen LogP contribution in [0.5, 0.6) is 0 Å². The van der Waals surface area contributed by atoms with Gasteiger partial charge in [0.05, 0.1) is 0 Å². The van der Waals surface area contributed by atoms with Gasteiger partial charge < -0.3 is 10.0 Å². The van der Waals surface area contributed by atoms with E-state index in [1.807, 2.05) is 42.5 Å². The van der Waals surface area contributed by atoms with Gasteiger partial charge in [-0.05, 0) is 33.8 Å². The van der Waals surface area contributed by atoms with E-state index in [2.05, 4.69) is 24.3 Å². The van der Waals surface area contributed by atoms with Crippen LogP contribution in [-0.4, -0.2) is 17.2 Å². The molecule has 0 spiro atoms. The van der Waals surface area contributed by atoms with E-state index >= 15 is 0 Å². The monoisotopic (exact) mass is 274 g/mol. The van der Waals surface area contributed by atoms with Crippen molar-refractivity contribution >= 4 is 12.6 Å². The molecule has 0 bridgehead atoms. The lowest BCUT2D eigenvalue weighted by Gasteiger charge is -2.10. The molecule has 3 aromatic rings. The van der Waals surface area contributed by atoms with Gasteiger partial charge in [0.1, 0.15) is 0 Å². The molecular formula is C18H15BO2. The molecule has 2 nitrogen and oxygen atoms in total. The fraction of sp³-hybridized carbons (Fsp3) is 0. The van der Waals surface area contributed by atoms with Gasteiger partial charge in [0.2, 0.25) is 0 Å². The van der Waals surface area contributed by atoms with Crippen molar-refractivity contribution in [3.63, 3.8) is 0 Å². The summed E-state index contributed by atoms with van der Waals surface area (Å²) in [5.74, 6) is 0. The molecule has 0 saturated carbocycles. The summed E-state index contributed by atoms with van der Waals surface area (Å²) in [6.45, 7) is 0. The number of rotatable bonds is 3. The minimum Gasteiger partial charge on any atom is -0.423 e. The molecule has 102 valence electrons. The second kappa shape index (κ2) is 5.96. The summed E-state index contributed by atoms with van der Waals surface area (Å²) in [6, 6.07) is 25.5. The summed E-state index contributed by atoms with van der Waals surface area (Å²) in [4.78, 5) is 0. The Morgan fingerprint density at radius 1 is 0.571 bits per heavy atom. The molecule has 0 aliphatic carbocycles. The van der Waals surface area contributed by atoms with Crippen LogP contribution in [0.1, 0.15) is 0 Å². The molecule has 0 aliphatic heterocycles. The van der Waals surface area contributed by atoms with E-state index in [1.54, 1.807) is 12.1 Å². The van der Waals surface area contributed by atoms with Crippen molar-refractivity contribution in [2.45, 2.75) is 0 Å². The third-order valence-electron chi connectivity index (χ3n) is 3.52. The van der Waals surface area contributed by atoms with Crippen molar-refractivity contribution < 1.29 is 10.0 Å². The first kappa shape index (κ1) is 13.6. The van der Waals surface area contributed by atoms with Gasteiger partial charge in [-0.1, -0.05) is 72.8 Å². The lowest BCUT2D eigenvalue weighted by Crippen LogP contribution is -2.31. The maximum atomic E-state index is 9.51. The predicted octanol–water partition coefficient (Wildman–Crippen LogP) is 2.70. The van der Waals surface area contributed by atoms with E-state index in [0.29, 0.717) is 5.46 Å². The van der Waals surface area contributed by atoms with Crippen LogP contribution in [0.25, 0.3) is 22.3 Å². The Bertz CT molecular complexity index is 739. The third kappa shape index (κ3) is 2.89. The highest BCUT2D eigenvalue weighted by molar-refractivity contribution is 6.60. The van der Waals surface area contributed by atoms with Crippen molar-refractivity contribution in [1.29, 1.82) is 0 Å². The molecule has 0 radical (unpaired) electrons. The minimum absolute atomic E-state index is 0.516. The van der Waals surface area contributed by atoms with Crippen molar-refractivity contribution in [2.24, 2.45) is 0 Å². The molecule has 0 heterocycles. The molecule has 3 heteroatoms. The van der Waals surface area contributed by atoms with Crippen molar-refractivity contribution in [3.8, 4) is 22.3 Å². The van der Waals surface area contributed by atoms with Crippen LogP contribution in [0.3, 0.4) is 0 Å². The van der Waals surface area contributed by atoms with E-state index in [0.717, 1.165) is 22.3 Å². The zero-order valence-electron chi connectivity index (χ0n) is 11.5. The predicted molar refractivity (Wildman–Crippen MR) is 87.1 cm³/mol. The fourth-order valence-corrected chi connectivity index (χ4v) is 2.48. The lowest BCUT2D eigenvalue weighted by molar-refractivity contribution is 0.426. The van der Waals surface area contributed by atoms with E-state index in [9.17, 15) is 10.0 Å². The van der Waals surface area contributed by atoms with Crippen molar-refractivity contribution in [1.82, 2.24) is 0 Å². The van der Waals surface area contributed by atoms with Crippen LogP contribution in [-0.2, 0) is 0 Å². The smallest absolute Gasteiger partial charge is 0.423 e. The zero-order chi connectivity index (χ0) is 14.7. The summed E-state index contributed by atoms with van der Waals surface area (Å²) < 4.78 is 0. The van der Waals surface area contributed by atoms with Gasteiger partial charge in [-0.25, -0.2) is 0 Å². The number of hydrogen-bond donors (Lipinski definition) is 2. The van der Waals surface area contributed by atoms with Gasteiger partial charge in [0.25, 0.3) is 0 Å². The Hall–Kier alpha value is -2.36. The second-order valence-corrected chi connectivity index (χ2v) is 4.91. The standard InChI is InChI=1S/C18H15BO2/c20-19(21)18-12-5-4-11-17(18)16-10-6-9-15(13-16)14-7-2-1-3-8-14/h1-13,20-21H. The topological polar surface area (TPSA) is 40.5 Å². The lowest BCUT2D eigenvalue weighted by atomic mass is 9.75. The first-order chi connectivity index (χ1) is 10.3. The zero-order valence-corrected chi connectivity index (χ0v) is 11.5. The van der Waals surface area contributed by atoms with Gasteiger partial charge in [-0.15, -0.1) is 0 Å². The molecule has 0 saturated heterocycles. The Kier molecular flexibility index (Phi) is 3.86. The highest BCUT2D eigenvalue weighted by atomic mass is 16.4. The molecule has 3 aromatic carbocycles. The van der Waals surface area contributed by atoms with Crippen molar-refractivity contribution in [2.75, 3.05) is 0 Å². The molecule has 3 rings (SSSR count). The Morgan fingerprint density at radius 3 is 1.95 bits per heavy atom. The SMILES string of the molecule is OB(O)c1ccccc1-c1cccc(-c2ccccc2)c1. The van der Waals surface area contributed by atoms with Crippen LogP contribution in [0.4, 0.5) is 0 Å². The summed E-state index contributed by atoms with van der Waals surface area (Å²) in [5, 5.41) is 19.0. The second-order valence-electron chi connectivity index (χ2n) is 4.91. The summed E-state index contributed by atoms with van der Waals surface area (Å²) in [7, 11) is -1.47. The first-order valence-electron chi connectivity index (χ1n) is 6.86. The molecule has 0 atom stereocenters. The van der Waals surface area contributed by atoms with E-state index in [-0.39, 0.29) is 0 Å². The van der Waals surface area contributed by atoms with Crippen LogP contribution < -0.4 is 5.46 Å². The average molecular weight is 274 g/mol. The number of benzene rings is 3. The molecule has 0 amide bonds. The number of hydrogen-bond acceptors (Lipinski definition) is 2. The van der Waals surface area contributed by atoms with Gasteiger partial charge in [-0.2, -0.15) is 0 Å². The van der Waals surface area contributed by atoms with E-state index in [1.165, 1.54) is 0 Å². The molecule has 0 aromatic heterocycles. The molecule has 0 aliphatic rings. The normalized spacial score (nSPS) is 10.4. The Morgan fingerprint density at radius 2 is 1.19 bits per heavy atom. The maximum absolute atomic E-state index is 9.51. The first-order valence-corrected chi connectivity index (χ1v) is 6.86. The van der Waals surface area contributed by atoms with Crippen LogP contribution >= 0.6 is 0 Å². The highest BCUT2D eigenvalue weighted by Crippen LogP contribution is 2.25. The molecular weight excluding hydrogens is 259 g/mol. The summed E-state index contributed by atoms with van der Waals surface area (Å²) in [6.07, 6.45) is 0. The quantitative estimate of drug-likeness (QED) is 0.721. The summed E-state index contributed by atoms with van der Waals surface area (Å²) >= 11 is 0. The Labute approximate surface area is 124 Å². The molecule has 21 heavy (non-hydrogen) atoms.